The molecule has 0 saturated carbocycles. The zero-order valence-electron chi connectivity index (χ0n) is 11.1. The fourth-order valence-electron chi connectivity index (χ4n) is 1.74. The first kappa shape index (κ1) is 16.5. The van der Waals surface area contributed by atoms with Gasteiger partial charge >= 0.3 is 6.18 Å². The van der Waals surface area contributed by atoms with E-state index in [4.69, 9.17) is 11.6 Å². The molecular formula is C12H10ClF3N4OS. The average molecular weight is 351 g/mol. The molecule has 118 valence electrons. The van der Waals surface area contributed by atoms with Crippen molar-refractivity contribution < 1.29 is 18.0 Å². The molecular weight excluding hydrogens is 341 g/mol. The van der Waals surface area contributed by atoms with Crippen LogP contribution in [0.1, 0.15) is 23.5 Å². The van der Waals surface area contributed by atoms with E-state index in [1.165, 1.54) is 17.5 Å². The summed E-state index contributed by atoms with van der Waals surface area (Å²) in [5.41, 5.74) is 1.45. The Morgan fingerprint density at radius 2 is 2.27 bits per heavy atom. The van der Waals surface area contributed by atoms with Crippen molar-refractivity contribution in [1.82, 2.24) is 15.2 Å². The number of hydrogen-bond donors (Lipinski definition) is 1. The molecule has 0 aromatic carbocycles. The molecule has 0 radical (unpaired) electrons. The van der Waals surface area contributed by atoms with Crippen molar-refractivity contribution in [2.24, 2.45) is 5.10 Å². The minimum absolute atomic E-state index is 0.309. The van der Waals surface area contributed by atoms with E-state index >= 15 is 0 Å². The Hall–Kier alpha value is -1.87. The molecule has 0 bridgehead atoms. The van der Waals surface area contributed by atoms with Crippen molar-refractivity contribution in [3.05, 3.63) is 39.3 Å². The normalized spacial score (nSPS) is 14.0. The predicted molar refractivity (Wildman–Crippen MR) is 77.0 cm³/mol. The Labute approximate surface area is 132 Å². The molecule has 2 aromatic heterocycles. The fraction of sp³-hybridized carbons (Fsp3) is 0.250. The summed E-state index contributed by atoms with van der Waals surface area (Å²) in [5.74, 6) is 0. The molecule has 2 heterocycles. The lowest BCUT2D eigenvalue weighted by atomic mass is 10.2. The largest absolute Gasteiger partial charge is 0.435 e. The van der Waals surface area contributed by atoms with Crippen LogP contribution in [0.25, 0.3) is 0 Å². The van der Waals surface area contributed by atoms with Crippen LogP contribution >= 0.6 is 22.9 Å². The van der Waals surface area contributed by atoms with E-state index < -0.39 is 17.9 Å². The minimum Gasteiger partial charge on any atom is -0.277 e. The van der Waals surface area contributed by atoms with E-state index in [2.05, 4.69) is 15.6 Å². The maximum atomic E-state index is 12.6. The number of carbonyl (C=O) groups is 1. The van der Waals surface area contributed by atoms with Crippen LogP contribution in [0.5, 0.6) is 0 Å². The van der Waals surface area contributed by atoms with E-state index in [0.717, 1.165) is 10.7 Å². The van der Waals surface area contributed by atoms with Crippen LogP contribution in [0.3, 0.4) is 0 Å². The van der Waals surface area contributed by atoms with E-state index in [9.17, 15) is 18.0 Å². The Morgan fingerprint density at radius 1 is 1.55 bits per heavy atom. The number of hydrazone groups is 1. The predicted octanol–water partition coefficient (Wildman–Crippen LogP) is 3.33. The zero-order chi connectivity index (χ0) is 16.3. The summed E-state index contributed by atoms with van der Waals surface area (Å²) in [6.07, 6.45) is -2.96. The second-order valence-electron chi connectivity index (χ2n) is 4.20. The molecule has 2 rings (SSSR count). The summed E-state index contributed by atoms with van der Waals surface area (Å²) < 4.78 is 39.0. The summed E-state index contributed by atoms with van der Waals surface area (Å²) in [5, 5.41) is 9.49. The Kier molecular flexibility index (Phi) is 4.87. The maximum absolute atomic E-state index is 12.6. The second kappa shape index (κ2) is 6.49. The van der Waals surface area contributed by atoms with Gasteiger partial charge in [0, 0.05) is 6.20 Å². The third-order valence-corrected chi connectivity index (χ3v) is 4.14. The molecule has 0 aliphatic heterocycles. The lowest BCUT2D eigenvalue weighted by Gasteiger charge is -2.14. The van der Waals surface area contributed by atoms with Crippen molar-refractivity contribution in [3.8, 4) is 0 Å². The lowest BCUT2D eigenvalue weighted by molar-refractivity contribution is -0.141. The summed E-state index contributed by atoms with van der Waals surface area (Å²) in [4.78, 5) is 11.0. The van der Waals surface area contributed by atoms with Gasteiger partial charge in [0.05, 0.1) is 15.9 Å². The van der Waals surface area contributed by atoms with Crippen LogP contribution in [0.15, 0.2) is 28.8 Å². The Balaban J connectivity index is 2.38. The number of alkyl halides is 3. The minimum atomic E-state index is -4.52. The fourth-order valence-corrected chi connectivity index (χ4v) is 2.96. The van der Waals surface area contributed by atoms with Gasteiger partial charge in [-0.05, 0) is 24.4 Å². The molecule has 1 N–H and O–H groups in total. The number of thiophene rings is 1. The van der Waals surface area contributed by atoms with Crippen LogP contribution in [0, 0.1) is 0 Å². The molecule has 2 aromatic rings. The van der Waals surface area contributed by atoms with E-state index in [1.54, 1.807) is 18.4 Å². The van der Waals surface area contributed by atoms with Gasteiger partial charge in [0.2, 0.25) is 6.41 Å². The topological polar surface area (TPSA) is 59.3 Å². The molecule has 0 aliphatic rings. The van der Waals surface area contributed by atoms with Crippen LogP contribution in [0.2, 0.25) is 5.02 Å². The summed E-state index contributed by atoms with van der Waals surface area (Å²) in [7, 11) is 0. The number of rotatable bonds is 5. The van der Waals surface area contributed by atoms with Crippen molar-refractivity contribution in [1.29, 1.82) is 0 Å². The van der Waals surface area contributed by atoms with Gasteiger partial charge in [-0.25, -0.2) is 5.43 Å². The number of nitrogens with one attached hydrogen (secondary N) is 1. The number of nitrogens with zero attached hydrogens (tertiary/aromatic N) is 3. The van der Waals surface area contributed by atoms with E-state index in [1.807, 2.05) is 0 Å². The first-order valence-electron chi connectivity index (χ1n) is 5.97. The highest BCUT2D eigenvalue weighted by Crippen LogP contribution is 2.30. The van der Waals surface area contributed by atoms with Crippen molar-refractivity contribution in [2.75, 3.05) is 0 Å². The van der Waals surface area contributed by atoms with Gasteiger partial charge in [-0.15, -0.1) is 11.3 Å². The molecule has 0 spiro atoms. The SMILES string of the molecule is C[C@@H](C(=NNC=O)c1sccc1Cl)n1ccc(C(F)(F)F)n1. The standard InChI is InChI=1S/C12H10ClF3N4OS/c1-7(20-4-2-9(19-20)12(14,15)16)10(18-17-6-21)11-8(13)3-5-22-11/h2-7H,1H3,(H,17,21)/t7-/m0/s1. The summed E-state index contributed by atoms with van der Waals surface area (Å²) in [6.45, 7) is 1.61. The van der Waals surface area contributed by atoms with Gasteiger partial charge in [0.25, 0.3) is 0 Å². The van der Waals surface area contributed by atoms with E-state index in [-0.39, 0.29) is 0 Å². The molecule has 1 amide bonds. The third kappa shape index (κ3) is 3.47. The van der Waals surface area contributed by atoms with Gasteiger partial charge < -0.3 is 0 Å². The monoisotopic (exact) mass is 350 g/mol. The van der Waals surface area contributed by atoms with Crippen molar-refractivity contribution in [3.63, 3.8) is 0 Å². The Morgan fingerprint density at radius 3 is 2.77 bits per heavy atom. The molecule has 5 nitrogen and oxygen atoms in total. The zero-order valence-corrected chi connectivity index (χ0v) is 12.7. The van der Waals surface area contributed by atoms with Gasteiger partial charge in [-0.2, -0.15) is 23.4 Å². The van der Waals surface area contributed by atoms with Crippen LogP contribution in [-0.4, -0.2) is 21.9 Å². The number of halogens is 4. The van der Waals surface area contributed by atoms with Gasteiger partial charge in [-0.1, -0.05) is 11.6 Å². The van der Waals surface area contributed by atoms with Crippen molar-refractivity contribution >= 4 is 35.1 Å². The Bertz CT molecular complexity index is 695. The van der Waals surface area contributed by atoms with Crippen LogP contribution < -0.4 is 5.43 Å². The highest BCUT2D eigenvalue weighted by atomic mass is 35.5. The third-order valence-electron chi connectivity index (χ3n) is 2.78. The van der Waals surface area contributed by atoms with Crippen LogP contribution in [0.4, 0.5) is 13.2 Å². The van der Waals surface area contributed by atoms with Crippen molar-refractivity contribution in [2.45, 2.75) is 19.1 Å². The maximum Gasteiger partial charge on any atom is 0.435 e. The van der Waals surface area contributed by atoms with Gasteiger partial charge in [0.15, 0.2) is 5.69 Å². The number of amides is 1. The molecule has 10 heteroatoms. The first-order valence-corrected chi connectivity index (χ1v) is 7.23. The van der Waals surface area contributed by atoms with Crippen LogP contribution in [-0.2, 0) is 11.0 Å². The van der Waals surface area contributed by atoms with Gasteiger partial charge in [0.1, 0.15) is 5.71 Å². The molecule has 0 unspecified atom stereocenters. The molecule has 22 heavy (non-hydrogen) atoms. The number of carbonyl (C=O) groups excluding carboxylic acids is 1. The smallest absolute Gasteiger partial charge is 0.277 e. The first-order chi connectivity index (χ1) is 10.3. The molecule has 1 atom stereocenters. The molecule has 0 saturated heterocycles. The summed E-state index contributed by atoms with van der Waals surface area (Å²) in [6, 6.07) is 1.85. The highest BCUT2D eigenvalue weighted by molar-refractivity contribution is 7.12. The highest BCUT2D eigenvalue weighted by Gasteiger charge is 2.34. The number of hydrogen-bond acceptors (Lipinski definition) is 4. The molecule has 0 aliphatic carbocycles. The molecule has 0 fully saturated rings. The summed E-state index contributed by atoms with van der Waals surface area (Å²) >= 11 is 7.29. The number of aromatic nitrogens is 2. The lowest BCUT2D eigenvalue weighted by Crippen LogP contribution is -2.21. The van der Waals surface area contributed by atoms with E-state index in [0.29, 0.717) is 22.0 Å². The average Bonchev–Trinajstić information content (AvgIpc) is 3.08. The van der Waals surface area contributed by atoms with Gasteiger partial charge in [-0.3, -0.25) is 9.48 Å². The second-order valence-corrected chi connectivity index (χ2v) is 5.52. The quantitative estimate of drug-likeness (QED) is 0.511.